The lowest BCUT2D eigenvalue weighted by Crippen LogP contribution is -2.34. The van der Waals surface area contributed by atoms with E-state index >= 15 is 0 Å². The van der Waals surface area contributed by atoms with E-state index in [2.05, 4.69) is 11.4 Å². The number of furan rings is 1. The Morgan fingerprint density at radius 3 is 2.82 bits per heavy atom. The highest BCUT2D eigenvalue weighted by Crippen LogP contribution is 2.28. The Hall–Kier alpha value is -1.32. The van der Waals surface area contributed by atoms with Crippen molar-refractivity contribution in [1.29, 1.82) is 0 Å². The first-order valence-corrected chi connectivity index (χ1v) is 5.97. The van der Waals surface area contributed by atoms with E-state index in [4.69, 9.17) is 4.42 Å². The fourth-order valence-electron chi connectivity index (χ4n) is 1.88. The summed E-state index contributed by atoms with van der Waals surface area (Å²) in [6.45, 7) is 7.14. The fourth-order valence-corrected chi connectivity index (χ4v) is 1.88. The zero-order valence-corrected chi connectivity index (χ0v) is 10.6. The van der Waals surface area contributed by atoms with Gasteiger partial charge in [0.15, 0.2) is 0 Å². The van der Waals surface area contributed by atoms with E-state index in [1.165, 1.54) is 5.56 Å². The number of aliphatic hydroxyl groups is 1. The zero-order chi connectivity index (χ0) is 12.5. The van der Waals surface area contributed by atoms with Crippen LogP contribution in [0.25, 0.3) is 11.0 Å². The minimum Gasteiger partial charge on any atom is -0.458 e. The molecule has 0 radical (unpaired) electrons. The fraction of sp³-hybridized carbons (Fsp3) is 0.429. The molecule has 2 aromatic rings. The standard InChI is InChI=1S/C14H19NO2/c1-4-15-9-14(3,16)13-8-11-7-10(2)5-6-12(11)17-13/h5-8,15-16H,4,9H2,1-3H3. The Kier molecular flexibility index (Phi) is 3.22. The van der Waals surface area contributed by atoms with Gasteiger partial charge < -0.3 is 14.8 Å². The number of hydrogen-bond donors (Lipinski definition) is 2. The maximum Gasteiger partial charge on any atom is 0.137 e. The molecule has 17 heavy (non-hydrogen) atoms. The molecule has 2 rings (SSSR count). The average Bonchev–Trinajstić information content (AvgIpc) is 2.70. The minimum absolute atomic E-state index is 0.488. The molecule has 2 N–H and O–H groups in total. The van der Waals surface area contributed by atoms with Crippen LogP contribution in [0, 0.1) is 6.92 Å². The van der Waals surface area contributed by atoms with Crippen molar-refractivity contribution in [2.75, 3.05) is 13.1 Å². The predicted octanol–water partition coefficient (Wildman–Crippen LogP) is 2.56. The SMILES string of the molecule is CCNCC(C)(O)c1cc2cc(C)ccc2o1. The van der Waals surface area contributed by atoms with E-state index in [0.717, 1.165) is 17.5 Å². The van der Waals surface area contributed by atoms with Gasteiger partial charge in [0.05, 0.1) is 0 Å². The first kappa shape index (κ1) is 12.1. The number of hydrogen-bond acceptors (Lipinski definition) is 3. The van der Waals surface area contributed by atoms with Crippen molar-refractivity contribution in [2.24, 2.45) is 0 Å². The summed E-state index contributed by atoms with van der Waals surface area (Å²) in [7, 11) is 0. The van der Waals surface area contributed by atoms with Crippen LogP contribution in [-0.2, 0) is 5.60 Å². The molecule has 0 saturated heterocycles. The highest BCUT2D eigenvalue weighted by Gasteiger charge is 2.26. The van der Waals surface area contributed by atoms with E-state index in [-0.39, 0.29) is 0 Å². The van der Waals surface area contributed by atoms with Gasteiger partial charge in [-0.15, -0.1) is 0 Å². The highest BCUT2D eigenvalue weighted by molar-refractivity contribution is 5.78. The summed E-state index contributed by atoms with van der Waals surface area (Å²) in [5.41, 5.74) is 1.04. The summed E-state index contributed by atoms with van der Waals surface area (Å²) >= 11 is 0. The van der Waals surface area contributed by atoms with Crippen LogP contribution < -0.4 is 5.32 Å². The zero-order valence-electron chi connectivity index (χ0n) is 10.6. The number of rotatable bonds is 4. The molecule has 1 atom stereocenters. The largest absolute Gasteiger partial charge is 0.458 e. The maximum atomic E-state index is 10.3. The number of fused-ring (bicyclic) bond motifs is 1. The second-order valence-electron chi connectivity index (χ2n) is 4.71. The molecule has 1 aromatic heterocycles. The molecule has 3 heteroatoms. The molecular weight excluding hydrogens is 214 g/mol. The summed E-state index contributed by atoms with van der Waals surface area (Å²) in [4.78, 5) is 0. The van der Waals surface area contributed by atoms with Crippen LogP contribution in [0.2, 0.25) is 0 Å². The Morgan fingerprint density at radius 1 is 1.35 bits per heavy atom. The van der Waals surface area contributed by atoms with Crippen molar-refractivity contribution in [2.45, 2.75) is 26.4 Å². The van der Waals surface area contributed by atoms with Crippen molar-refractivity contribution < 1.29 is 9.52 Å². The van der Waals surface area contributed by atoms with E-state index in [9.17, 15) is 5.11 Å². The van der Waals surface area contributed by atoms with Crippen LogP contribution in [0.5, 0.6) is 0 Å². The Bertz CT molecular complexity index is 514. The highest BCUT2D eigenvalue weighted by atomic mass is 16.4. The van der Waals surface area contributed by atoms with Crippen molar-refractivity contribution in [3.8, 4) is 0 Å². The molecule has 0 aliphatic rings. The summed E-state index contributed by atoms with van der Waals surface area (Å²) in [5, 5.41) is 14.5. The van der Waals surface area contributed by atoms with E-state index in [0.29, 0.717) is 12.3 Å². The van der Waals surface area contributed by atoms with E-state index in [1.54, 1.807) is 6.92 Å². The monoisotopic (exact) mass is 233 g/mol. The van der Waals surface area contributed by atoms with Gasteiger partial charge in [-0.2, -0.15) is 0 Å². The van der Waals surface area contributed by atoms with Gasteiger partial charge in [0.25, 0.3) is 0 Å². The summed E-state index contributed by atoms with van der Waals surface area (Å²) in [6, 6.07) is 7.93. The third-order valence-electron chi connectivity index (χ3n) is 2.92. The normalized spacial score (nSPS) is 15.1. The third kappa shape index (κ3) is 2.51. The number of nitrogens with one attached hydrogen (secondary N) is 1. The van der Waals surface area contributed by atoms with Crippen molar-refractivity contribution in [1.82, 2.24) is 5.32 Å². The molecule has 0 fully saturated rings. The van der Waals surface area contributed by atoms with Gasteiger partial charge in [-0.1, -0.05) is 18.6 Å². The lowest BCUT2D eigenvalue weighted by atomic mass is 10.0. The lowest BCUT2D eigenvalue weighted by molar-refractivity contribution is 0.0364. The van der Waals surface area contributed by atoms with Gasteiger partial charge in [-0.05, 0) is 38.6 Å². The van der Waals surface area contributed by atoms with Gasteiger partial charge >= 0.3 is 0 Å². The summed E-state index contributed by atoms with van der Waals surface area (Å²) in [5.74, 6) is 0.610. The predicted molar refractivity (Wildman–Crippen MR) is 69.1 cm³/mol. The summed E-state index contributed by atoms with van der Waals surface area (Å²) in [6.07, 6.45) is 0. The van der Waals surface area contributed by atoms with Crippen LogP contribution >= 0.6 is 0 Å². The Labute approximate surface area is 101 Å². The van der Waals surface area contributed by atoms with Gasteiger partial charge in [0, 0.05) is 11.9 Å². The average molecular weight is 233 g/mol. The topological polar surface area (TPSA) is 45.4 Å². The minimum atomic E-state index is -0.969. The number of aryl methyl sites for hydroxylation is 1. The second-order valence-corrected chi connectivity index (χ2v) is 4.71. The molecule has 1 aromatic carbocycles. The van der Waals surface area contributed by atoms with Crippen LogP contribution in [0.1, 0.15) is 25.2 Å². The smallest absolute Gasteiger partial charge is 0.137 e. The molecular formula is C14H19NO2. The van der Waals surface area contributed by atoms with Gasteiger partial charge in [-0.3, -0.25) is 0 Å². The maximum absolute atomic E-state index is 10.3. The first-order chi connectivity index (χ1) is 8.03. The molecule has 0 bridgehead atoms. The lowest BCUT2D eigenvalue weighted by Gasteiger charge is -2.20. The van der Waals surface area contributed by atoms with E-state index < -0.39 is 5.60 Å². The Morgan fingerprint density at radius 2 is 2.12 bits per heavy atom. The molecule has 1 unspecified atom stereocenters. The van der Waals surface area contributed by atoms with Gasteiger partial charge in [-0.25, -0.2) is 0 Å². The molecule has 1 heterocycles. The molecule has 0 saturated carbocycles. The molecule has 3 nitrogen and oxygen atoms in total. The molecule has 0 aliphatic carbocycles. The Balaban J connectivity index is 2.35. The van der Waals surface area contributed by atoms with Crippen LogP contribution in [0.4, 0.5) is 0 Å². The van der Waals surface area contributed by atoms with Crippen LogP contribution in [0.3, 0.4) is 0 Å². The quantitative estimate of drug-likeness (QED) is 0.853. The number of benzene rings is 1. The molecule has 0 spiro atoms. The third-order valence-corrected chi connectivity index (χ3v) is 2.92. The molecule has 92 valence electrons. The molecule has 0 amide bonds. The van der Waals surface area contributed by atoms with Crippen molar-refractivity contribution in [3.63, 3.8) is 0 Å². The summed E-state index contributed by atoms with van der Waals surface area (Å²) < 4.78 is 5.69. The van der Waals surface area contributed by atoms with Crippen molar-refractivity contribution in [3.05, 3.63) is 35.6 Å². The van der Waals surface area contributed by atoms with Crippen LogP contribution in [0.15, 0.2) is 28.7 Å². The molecule has 0 aliphatic heterocycles. The van der Waals surface area contributed by atoms with Gasteiger partial charge in [0.2, 0.25) is 0 Å². The number of likely N-dealkylation sites (N-methyl/N-ethyl adjacent to an activating group) is 1. The van der Waals surface area contributed by atoms with E-state index in [1.807, 2.05) is 32.0 Å². The van der Waals surface area contributed by atoms with Crippen molar-refractivity contribution >= 4 is 11.0 Å². The first-order valence-electron chi connectivity index (χ1n) is 5.97. The van der Waals surface area contributed by atoms with Gasteiger partial charge in [0.1, 0.15) is 16.9 Å². The second kappa shape index (κ2) is 4.51. The van der Waals surface area contributed by atoms with Crippen LogP contribution in [-0.4, -0.2) is 18.2 Å².